The monoisotopic (exact) mass is 444 g/mol. The number of ether oxygens (including phenoxy) is 1. The van der Waals surface area contributed by atoms with Gasteiger partial charge < -0.3 is 4.74 Å². The molecule has 0 aliphatic heterocycles. The molecule has 4 fully saturated rings. The van der Waals surface area contributed by atoms with Gasteiger partial charge in [-0.1, -0.05) is 60.8 Å². The van der Waals surface area contributed by atoms with Crippen LogP contribution in [0.5, 0.6) is 0 Å². The van der Waals surface area contributed by atoms with Crippen molar-refractivity contribution in [1.29, 1.82) is 0 Å². The van der Waals surface area contributed by atoms with Crippen molar-refractivity contribution >= 4 is 5.97 Å². The van der Waals surface area contributed by atoms with E-state index >= 15 is 0 Å². The fourth-order valence-electron chi connectivity index (χ4n) is 9.74. The molecule has 0 saturated heterocycles. The second kappa shape index (κ2) is 9.61. The minimum Gasteiger partial charge on any atom is -0.462 e. The standard InChI is InChI=1S/C30H52O2/c1-7-28(31)32-27-13-9-12-22-14-15-23-25-17-16-24(21(4)11-8-10-20(2)3)29(25,5)19-18-26(23)30(22,27)6/h20-27H,7-19H2,1-6H3/t21-,22?,23+,24-,25+,26+,27?,29-,30+/m1/s1. The highest BCUT2D eigenvalue weighted by molar-refractivity contribution is 5.69. The predicted molar refractivity (Wildman–Crippen MR) is 133 cm³/mol. The molecule has 0 aromatic carbocycles. The van der Waals surface area contributed by atoms with Gasteiger partial charge in [-0.05, 0) is 105 Å². The molecule has 4 aliphatic rings. The third-order valence-corrected chi connectivity index (χ3v) is 11.4. The quantitative estimate of drug-likeness (QED) is 0.368. The Bertz CT molecular complexity index is 655. The van der Waals surface area contributed by atoms with E-state index in [1.165, 1.54) is 70.6 Å². The number of esters is 1. The van der Waals surface area contributed by atoms with Gasteiger partial charge in [0, 0.05) is 11.8 Å². The molecule has 9 atom stereocenters. The summed E-state index contributed by atoms with van der Waals surface area (Å²) in [6.45, 7) is 14.5. The molecule has 2 unspecified atom stereocenters. The fraction of sp³-hybridized carbons (Fsp3) is 0.967. The van der Waals surface area contributed by atoms with E-state index in [0.29, 0.717) is 11.8 Å². The zero-order valence-corrected chi connectivity index (χ0v) is 22.1. The van der Waals surface area contributed by atoms with Crippen LogP contribution in [0, 0.1) is 52.3 Å². The Balaban J connectivity index is 1.51. The molecule has 0 spiro atoms. The first-order valence-corrected chi connectivity index (χ1v) is 14.4. The number of fused-ring (bicyclic) bond motifs is 5. The van der Waals surface area contributed by atoms with Crippen molar-refractivity contribution in [2.75, 3.05) is 0 Å². The summed E-state index contributed by atoms with van der Waals surface area (Å²) in [6, 6.07) is 0. The van der Waals surface area contributed by atoms with Gasteiger partial charge in [-0.25, -0.2) is 0 Å². The van der Waals surface area contributed by atoms with Crippen molar-refractivity contribution in [3.05, 3.63) is 0 Å². The molecule has 4 aliphatic carbocycles. The summed E-state index contributed by atoms with van der Waals surface area (Å²) in [5, 5.41) is 0. The van der Waals surface area contributed by atoms with Gasteiger partial charge in [-0.15, -0.1) is 0 Å². The van der Waals surface area contributed by atoms with E-state index in [-0.39, 0.29) is 17.5 Å². The Morgan fingerprint density at radius 2 is 1.72 bits per heavy atom. The van der Waals surface area contributed by atoms with E-state index < -0.39 is 0 Å². The lowest BCUT2D eigenvalue weighted by molar-refractivity contribution is -0.191. The summed E-state index contributed by atoms with van der Waals surface area (Å²) >= 11 is 0. The maximum absolute atomic E-state index is 12.3. The summed E-state index contributed by atoms with van der Waals surface area (Å²) in [7, 11) is 0. The van der Waals surface area contributed by atoms with Gasteiger partial charge in [0.05, 0.1) is 0 Å². The molecule has 2 nitrogen and oxygen atoms in total. The Hall–Kier alpha value is -0.530. The number of rotatable bonds is 7. The number of hydrogen-bond donors (Lipinski definition) is 0. The summed E-state index contributed by atoms with van der Waals surface area (Å²) < 4.78 is 6.18. The minimum absolute atomic E-state index is 0.0239. The highest BCUT2D eigenvalue weighted by Crippen LogP contribution is 2.68. The fourth-order valence-corrected chi connectivity index (χ4v) is 9.74. The summed E-state index contributed by atoms with van der Waals surface area (Å²) in [6.07, 6.45) is 17.1. The van der Waals surface area contributed by atoms with E-state index in [9.17, 15) is 4.79 Å². The first-order valence-electron chi connectivity index (χ1n) is 14.4. The van der Waals surface area contributed by atoms with Crippen molar-refractivity contribution in [2.24, 2.45) is 52.3 Å². The largest absolute Gasteiger partial charge is 0.462 e. The van der Waals surface area contributed by atoms with E-state index in [2.05, 4.69) is 34.6 Å². The van der Waals surface area contributed by atoms with Gasteiger partial charge in [0.15, 0.2) is 0 Å². The number of hydrogen-bond acceptors (Lipinski definition) is 2. The highest BCUT2D eigenvalue weighted by Gasteiger charge is 2.62. The third-order valence-electron chi connectivity index (χ3n) is 11.4. The van der Waals surface area contributed by atoms with Crippen LogP contribution in [0.1, 0.15) is 125 Å². The zero-order valence-electron chi connectivity index (χ0n) is 22.1. The molecular weight excluding hydrogens is 392 g/mol. The molecule has 2 heteroatoms. The molecule has 0 aromatic rings. The summed E-state index contributed by atoms with van der Waals surface area (Å²) in [4.78, 5) is 12.3. The normalized spacial score (nSPS) is 44.5. The van der Waals surface area contributed by atoms with Crippen LogP contribution in [0.15, 0.2) is 0 Å². The predicted octanol–water partition coefficient (Wildman–Crippen LogP) is 8.43. The van der Waals surface area contributed by atoms with Crippen molar-refractivity contribution < 1.29 is 9.53 Å². The molecular formula is C30H52O2. The van der Waals surface area contributed by atoms with Crippen LogP contribution in [-0.2, 0) is 9.53 Å². The minimum atomic E-state index is 0.0239. The Morgan fingerprint density at radius 1 is 0.938 bits per heavy atom. The topological polar surface area (TPSA) is 26.3 Å². The molecule has 32 heavy (non-hydrogen) atoms. The van der Waals surface area contributed by atoms with Crippen LogP contribution in [0.3, 0.4) is 0 Å². The number of carbonyl (C=O) groups excluding carboxylic acids is 1. The maximum Gasteiger partial charge on any atom is 0.305 e. The van der Waals surface area contributed by atoms with Crippen molar-refractivity contribution in [3.8, 4) is 0 Å². The lowest BCUT2D eigenvalue weighted by Crippen LogP contribution is -2.58. The van der Waals surface area contributed by atoms with Crippen molar-refractivity contribution in [3.63, 3.8) is 0 Å². The Morgan fingerprint density at radius 3 is 2.44 bits per heavy atom. The molecule has 184 valence electrons. The molecule has 4 saturated carbocycles. The van der Waals surface area contributed by atoms with Gasteiger partial charge in [0.1, 0.15) is 6.10 Å². The average molecular weight is 445 g/mol. The molecule has 0 heterocycles. The Labute approximate surface area is 199 Å². The first-order chi connectivity index (χ1) is 15.2. The number of carbonyl (C=O) groups is 1. The molecule has 4 rings (SSSR count). The molecule has 0 radical (unpaired) electrons. The van der Waals surface area contributed by atoms with E-state index in [4.69, 9.17) is 4.74 Å². The third kappa shape index (κ3) is 4.19. The highest BCUT2D eigenvalue weighted by atomic mass is 16.5. The second-order valence-corrected chi connectivity index (χ2v) is 13.3. The lowest BCUT2D eigenvalue weighted by atomic mass is 9.44. The van der Waals surface area contributed by atoms with E-state index in [1.807, 2.05) is 6.92 Å². The zero-order chi connectivity index (χ0) is 23.1. The van der Waals surface area contributed by atoms with E-state index in [0.717, 1.165) is 47.8 Å². The van der Waals surface area contributed by atoms with Crippen LogP contribution >= 0.6 is 0 Å². The molecule has 0 N–H and O–H groups in total. The summed E-state index contributed by atoms with van der Waals surface area (Å²) in [5.41, 5.74) is 0.764. The smallest absolute Gasteiger partial charge is 0.305 e. The Kier molecular flexibility index (Phi) is 7.39. The molecule has 0 bridgehead atoms. The van der Waals surface area contributed by atoms with Crippen LogP contribution in [0.2, 0.25) is 0 Å². The van der Waals surface area contributed by atoms with E-state index in [1.54, 1.807) is 0 Å². The summed E-state index contributed by atoms with van der Waals surface area (Å²) in [5.74, 6) is 5.96. The van der Waals surface area contributed by atoms with Gasteiger partial charge in [0.25, 0.3) is 0 Å². The average Bonchev–Trinajstić information content (AvgIpc) is 3.11. The maximum atomic E-state index is 12.3. The van der Waals surface area contributed by atoms with Gasteiger partial charge in [-0.3, -0.25) is 4.79 Å². The van der Waals surface area contributed by atoms with Crippen molar-refractivity contribution in [1.82, 2.24) is 0 Å². The first kappa shape index (κ1) is 24.6. The SMILES string of the molecule is CCC(=O)OC1CCCC2CC[C@@H]3[C@H](CC[C@]4(C)[C@@H]([C@H](C)CCCC(C)C)CC[C@@H]34)[C@]21C. The lowest BCUT2D eigenvalue weighted by Gasteiger charge is -2.62. The van der Waals surface area contributed by atoms with Crippen LogP contribution < -0.4 is 0 Å². The van der Waals surface area contributed by atoms with Gasteiger partial charge in [-0.2, -0.15) is 0 Å². The molecule has 0 aromatic heterocycles. The van der Waals surface area contributed by atoms with Crippen LogP contribution in [-0.4, -0.2) is 12.1 Å². The second-order valence-electron chi connectivity index (χ2n) is 13.3. The van der Waals surface area contributed by atoms with Gasteiger partial charge in [0.2, 0.25) is 0 Å². The van der Waals surface area contributed by atoms with Gasteiger partial charge >= 0.3 is 5.97 Å². The van der Waals surface area contributed by atoms with Crippen LogP contribution in [0.25, 0.3) is 0 Å². The van der Waals surface area contributed by atoms with Crippen molar-refractivity contribution in [2.45, 2.75) is 131 Å². The van der Waals surface area contributed by atoms with Crippen LogP contribution in [0.4, 0.5) is 0 Å². The molecule has 0 amide bonds.